The monoisotopic (exact) mass is 277 g/mol. The number of hydrogen-bond donors (Lipinski definition) is 1. The summed E-state index contributed by atoms with van der Waals surface area (Å²) < 4.78 is 10.6. The van der Waals surface area contributed by atoms with Gasteiger partial charge in [0.1, 0.15) is 11.9 Å². The fraction of sp³-hybridized carbons (Fsp3) is 0.500. The van der Waals surface area contributed by atoms with Crippen molar-refractivity contribution < 1.29 is 9.47 Å². The minimum absolute atomic E-state index is 0.0165. The van der Waals surface area contributed by atoms with Crippen LogP contribution >= 0.6 is 23.2 Å². The van der Waals surface area contributed by atoms with E-state index >= 15 is 0 Å². The Kier molecular flexibility index (Phi) is 6.66. The van der Waals surface area contributed by atoms with Crippen LogP contribution in [0, 0.1) is 0 Å². The standard InChI is InChI=1S/C12H17Cl2NO2/c1-9(8-15-5-6-16-2)17-12-7-10(13)3-4-11(12)14/h3-4,7,9,15H,5-6,8H2,1-2H3. The third-order valence-electron chi connectivity index (χ3n) is 2.14. The Labute approximate surface area is 112 Å². The largest absolute Gasteiger partial charge is 0.488 e. The van der Waals surface area contributed by atoms with Crippen molar-refractivity contribution in [1.29, 1.82) is 0 Å². The molecule has 1 atom stereocenters. The van der Waals surface area contributed by atoms with E-state index in [1.165, 1.54) is 0 Å². The van der Waals surface area contributed by atoms with Gasteiger partial charge in [0, 0.05) is 31.3 Å². The lowest BCUT2D eigenvalue weighted by Gasteiger charge is -2.16. The highest BCUT2D eigenvalue weighted by Crippen LogP contribution is 2.28. The second-order valence-corrected chi connectivity index (χ2v) is 4.54. The van der Waals surface area contributed by atoms with Gasteiger partial charge in [0.2, 0.25) is 0 Å². The fourth-order valence-electron chi connectivity index (χ4n) is 1.31. The van der Waals surface area contributed by atoms with Crippen LogP contribution in [0.15, 0.2) is 18.2 Å². The predicted octanol–water partition coefficient (Wildman–Crippen LogP) is 3.00. The van der Waals surface area contributed by atoms with Gasteiger partial charge in [-0.2, -0.15) is 0 Å². The highest BCUT2D eigenvalue weighted by molar-refractivity contribution is 6.34. The van der Waals surface area contributed by atoms with Crippen LogP contribution < -0.4 is 10.1 Å². The number of ether oxygens (including phenoxy) is 2. The van der Waals surface area contributed by atoms with Crippen LogP contribution in [0.4, 0.5) is 0 Å². The summed E-state index contributed by atoms with van der Waals surface area (Å²) in [5.74, 6) is 0.611. The van der Waals surface area contributed by atoms with Gasteiger partial charge in [0.05, 0.1) is 11.6 Å². The number of nitrogens with one attached hydrogen (secondary N) is 1. The van der Waals surface area contributed by atoms with Crippen LogP contribution in [0.3, 0.4) is 0 Å². The number of halogens is 2. The van der Waals surface area contributed by atoms with Crippen LogP contribution in [0.5, 0.6) is 5.75 Å². The van der Waals surface area contributed by atoms with E-state index < -0.39 is 0 Å². The topological polar surface area (TPSA) is 30.5 Å². The molecule has 0 spiro atoms. The molecule has 0 aromatic heterocycles. The zero-order valence-electron chi connectivity index (χ0n) is 10.0. The second kappa shape index (κ2) is 7.77. The van der Waals surface area contributed by atoms with E-state index in [4.69, 9.17) is 32.7 Å². The van der Waals surface area contributed by atoms with Gasteiger partial charge in [-0.05, 0) is 19.1 Å². The molecule has 5 heteroatoms. The number of benzene rings is 1. The molecule has 1 unspecified atom stereocenters. The first kappa shape index (κ1) is 14.6. The van der Waals surface area contributed by atoms with Crippen LogP contribution in [0.2, 0.25) is 10.0 Å². The zero-order valence-corrected chi connectivity index (χ0v) is 11.5. The maximum Gasteiger partial charge on any atom is 0.139 e. The SMILES string of the molecule is COCCNCC(C)Oc1cc(Cl)ccc1Cl. The molecule has 0 bridgehead atoms. The average Bonchev–Trinajstić information content (AvgIpc) is 2.29. The number of rotatable bonds is 7. The van der Waals surface area contributed by atoms with E-state index in [9.17, 15) is 0 Å². The highest BCUT2D eigenvalue weighted by atomic mass is 35.5. The summed E-state index contributed by atoms with van der Waals surface area (Å²) in [4.78, 5) is 0. The molecule has 0 heterocycles. The van der Waals surface area contributed by atoms with E-state index in [1.54, 1.807) is 25.3 Å². The molecule has 0 amide bonds. The minimum atomic E-state index is 0.0165. The Morgan fingerprint density at radius 3 is 2.82 bits per heavy atom. The first-order valence-corrected chi connectivity index (χ1v) is 6.20. The van der Waals surface area contributed by atoms with Crippen LogP contribution in [-0.4, -0.2) is 32.9 Å². The van der Waals surface area contributed by atoms with E-state index in [-0.39, 0.29) is 6.10 Å². The zero-order chi connectivity index (χ0) is 12.7. The van der Waals surface area contributed by atoms with Crippen molar-refractivity contribution in [3.63, 3.8) is 0 Å². The molecular formula is C12H17Cl2NO2. The van der Waals surface area contributed by atoms with E-state index in [0.29, 0.717) is 22.4 Å². The van der Waals surface area contributed by atoms with Crippen molar-refractivity contribution >= 4 is 23.2 Å². The first-order chi connectivity index (χ1) is 8.13. The Morgan fingerprint density at radius 1 is 1.35 bits per heavy atom. The molecule has 1 rings (SSSR count). The molecule has 0 aliphatic rings. The summed E-state index contributed by atoms with van der Waals surface area (Å²) in [6, 6.07) is 5.18. The summed E-state index contributed by atoms with van der Waals surface area (Å²) >= 11 is 11.9. The van der Waals surface area contributed by atoms with Crippen molar-refractivity contribution in [3.8, 4) is 5.75 Å². The van der Waals surface area contributed by atoms with Crippen LogP contribution in [0.25, 0.3) is 0 Å². The Morgan fingerprint density at radius 2 is 2.12 bits per heavy atom. The van der Waals surface area contributed by atoms with Crippen molar-refractivity contribution in [2.24, 2.45) is 0 Å². The maximum absolute atomic E-state index is 6.00. The van der Waals surface area contributed by atoms with Gasteiger partial charge in [0.15, 0.2) is 0 Å². The minimum Gasteiger partial charge on any atom is -0.488 e. The Hall–Kier alpha value is -0.480. The third-order valence-corrected chi connectivity index (χ3v) is 2.68. The normalized spacial score (nSPS) is 12.5. The van der Waals surface area contributed by atoms with Gasteiger partial charge in [0.25, 0.3) is 0 Å². The summed E-state index contributed by atoms with van der Waals surface area (Å²) in [5, 5.41) is 4.40. The average molecular weight is 278 g/mol. The van der Waals surface area contributed by atoms with Crippen molar-refractivity contribution in [3.05, 3.63) is 28.2 Å². The molecule has 96 valence electrons. The lowest BCUT2D eigenvalue weighted by Crippen LogP contribution is -2.31. The quantitative estimate of drug-likeness (QED) is 0.778. The summed E-state index contributed by atoms with van der Waals surface area (Å²) in [6.45, 7) is 4.18. The molecule has 1 N–H and O–H groups in total. The van der Waals surface area contributed by atoms with Gasteiger partial charge in [-0.25, -0.2) is 0 Å². The molecule has 1 aromatic carbocycles. The summed E-state index contributed by atoms with van der Waals surface area (Å²) in [5.41, 5.74) is 0. The fourth-order valence-corrected chi connectivity index (χ4v) is 1.63. The molecule has 0 saturated heterocycles. The molecular weight excluding hydrogens is 261 g/mol. The van der Waals surface area contributed by atoms with Gasteiger partial charge < -0.3 is 14.8 Å². The molecule has 0 aliphatic carbocycles. The molecule has 0 radical (unpaired) electrons. The van der Waals surface area contributed by atoms with Crippen molar-refractivity contribution in [2.45, 2.75) is 13.0 Å². The van der Waals surface area contributed by atoms with E-state index in [1.807, 2.05) is 6.92 Å². The lowest BCUT2D eigenvalue weighted by molar-refractivity contribution is 0.184. The Bertz CT molecular complexity index is 347. The van der Waals surface area contributed by atoms with Crippen LogP contribution in [-0.2, 0) is 4.74 Å². The lowest BCUT2D eigenvalue weighted by atomic mass is 10.3. The van der Waals surface area contributed by atoms with Crippen LogP contribution in [0.1, 0.15) is 6.92 Å². The molecule has 1 aromatic rings. The molecule has 3 nitrogen and oxygen atoms in total. The molecule has 0 fully saturated rings. The first-order valence-electron chi connectivity index (χ1n) is 5.45. The summed E-state index contributed by atoms with van der Waals surface area (Å²) in [7, 11) is 1.67. The van der Waals surface area contributed by atoms with Gasteiger partial charge in [-0.3, -0.25) is 0 Å². The molecule has 17 heavy (non-hydrogen) atoms. The van der Waals surface area contributed by atoms with E-state index in [0.717, 1.165) is 13.1 Å². The third kappa shape index (κ3) is 5.59. The number of methoxy groups -OCH3 is 1. The van der Waals surface area contributed by atoms with Crippen molar-refractivity contribution in [2.75, 3.05) is 26.8 Å². The van der Waals surface area contributed by atoms with Gasteiger partial charge in [-0.15, -0.1) is 0 Å². The smallest absolute Gasteiger partial charge is 0.139 e. The van der Waals surface area contributed by atoms with Gasteiger partial charge >= 0.3 is 0 Å². The van der Waals surface area contributed by atoms with Gasteiger partial charge in [-0.1, -0.05) is 23.2 Å². The predicted molar refractivity (Wildman–Crippen MR) is 71.3 cm³/mol. The summed E-state index contributed by atoms with van der Waals surface area (Å²) in [6.07, 6.45) is 0.0165. The number of hydrogen-bond acceptors (Lipinski definition) is 3. The maximum atomic E-state index is 6.00. The second-order valence-electron chi connectivity index (χ2n) is 3.70. The van der Waals surface area contributed by atoms with E-state index in [2.05, 4.69) is 5.32 Å². The molecule has 0 saturated carbocycles. The Balaban J connectivity index is 2.39. The molecule has 0 aliphatic heterocycles. The van der Waals surface area contributed by atoms with Crippen molar-refractivity contribution in [1.82, 2.24) is 5.32 Å². The highest BCUT2D eigenvalue weighted by Gasteiger charge is 2.07.